The summed E-state index contributed by atoms with van der Waals surface area (Å²) in [4.78, 5) is 10.8. The van der Waals surface area contributed by atoms with Crippen LogP contribution in [-0.4, -0.2) is 28.5 Å². The van der Waals surface area contributed by atoms with Gasteiger partial charge in [-0.2, -0.15) is 0 Å². The van der Waals surface area contributed by atoms with Crippen molar-refractivity contribution in [3.63, 3.8) is 0 Å². The molecule has 1 aromatic heterocycles. The maximum atomic E-state index is 10.8. The molecule has 1 unspecified atom stereocenters. The molecule has 2 aromatic rings. The van der Waals surface area contributed by atoms with E-state index in [9.17, 15) is 9.90 Å². The third-order valence-electron chi connectivity index (χ3n) is 2.41. The lowest BCUT2D eigenvalue weighted by molar-refractivity contribution is 0.154. The average Bonchev–Trinajstić information content (AvgIpc) is 2.84. The van der Waals surface area contributed by atoms with Crippen molar-refractivity contribution in [1.29, 1.82) is 0 Å². The van der Waals surface area contributed by atoms with Crippen LogP contribution in [0.2, 0.25) is 0 Å². The van der Waals surface area contributed by atoms with Gasteiger partial charge in [0.1, 0.15) is 11.9 Å². The van der Waals surface area contributed by atoms with E-state index in [-0.39, 0.29) is 12.4 Å². The zero-order chi connectivity index (χ0) is 13.7. The van der Waals surface area contributed by atoms with Gasteiger partial charge in [0.15, 0.2) is 0 Å². The van der Waals surface area contributed by atoms with E-state index in [2.05, 4.69) is 19.9 Å². The van der Waals surface area contributed by atoms with Crippen molar-refractivity contribution in [3.05, 3.63) is 40.7 Å². The first kappa shape index (κ1) is 13.2. The number of hydrogen-bond donors (Lipinski definition) is 3. The fourth-order valence-corrected chi connectivity index (χ4v) is 1.57. The number of para-hydroxylation sites is 2. The van der Waals surface area contributed by atoms with E-state index in [0.717, 1.165) is 5.69 Å². The van der Waals surface area contributed by atoms with Gasteiger partial charge in [0.25, 0.3) is 0 Å². The molecule has 3 N–H and O–H groups in total. The number of nitrogens with one attached hydrogen (secondary N) is 2. The molecule has 2 rings (SSSR count). The minimum absolute atomic E-state index is 0.0496. The number of aliphatic hydroxyl groups excluding tert-OH is 1. The van der Waals surface area contributed by atoms with E-state index in [1.807, 2.05) is 31.2 Å². The number of hydrogen-bond acceptors (Lipinski definition) is 6. The molecule has 0 bridgehead atoms. The zero-order valence-electron chi connectivity index (χ0n) is 10.4. The van der Waals surface area contributed by atoms with Gasteiger partial charge in [-0.25, -0.2) is 9.89 Å². The van der Waals surface area contributed by atoms with Gasteiger partial charge in [-0.15, -0.1) is 5.10 Å². The maximum Gasteiger partial charge on any atom is 0.434 e. The van der Waals surface area contributed by atoms with Gasteiger partial charge in [0.05, 0.1) is 12.3 Å². The molecule has 7 heteroatoms. The van der Waals surface area contributed by atoms with E-state index in [0.29, 0.717) is 12.4 Å². The summed E-state index contributed by atoms with van der Waals surface area (Å²) in [6, 6.07) is 7.37. The van der Waals surface area contributed by atoms with Crippen molar-refractivity contribution < 1.29 is 14.3 Å². The molecular formula is C12H15N3O4. The quantitative estimate of drug-likeness (QED) is 0.717. The molecule has 7 nitrogen and oxygen atoms in total. The van der Waals surface area contributed by atoms with Crippen molar-refractivity contribution in [2.45, 2.75) is 13.0 Å². The molecule has 0 aliphatic carbocycles. The van der Waals surface area contributed by atoms with Crippen LogP contribution in [0.25, 0.3) is 0 Å². The van der Waals surface area contributed by atoms with E-state index >= 15 is 0 Å². The number of aromatic amines is 1. The van der Waals surface area contributed by atoms with Crippen molar-refractivity contribution >= 4 is 5.69 Å². The van der Waals surface area contributed by atoms with Gasteiger partial charge in [-0.1, -0.05) is 12.1 Å². The topological polar surface area (TPSA) is 100 Å². The third kappa shape index (κ3) is 3.35. The standard InChI is InChI=1S/C12H15N3O4/c1-2-18-10-6-4-3-5-8(10)13-7-9(16)11-14-15-12(17)19-11/h3-6,9,13,16H,2,7H2,1H3,(H,15,17). The van der Waals surface area contributed by atoms with E-state index in [1.54, 1.807) is 0 Å². The Bertz CT molecular complexity index is 578. The number of nitrogens with zero attached hydrogens (tertiary/aromatic N) is 1. The van der Waals surface area contributed by atoms with Crippen LogP contribution in [0.5, 0.6) is 5.75 Å². The first-order chi connectivity index (χ1) is 9.20. The molecule has 0 aliphatic heterocycles. The summed E-state index contributed by atoms with van der Waals surface area (Å²) in [5, 5.41) is 18.5. The van der Waals surface area contributed by atoms with E-state index < -0.39 is 11.9 Å². The summed E-state index contributed by atoms with van der Waals surface area (Å²) in [6.45, 7) is 2.59. The molecular weight excluding hydrogens is 250 g/mol. The Morgan fingerprint density at radius 2 is 2.32 bits per heavy atom. The number of anilines is 1. The maximum absolute atomic E-state index is 10.8. The van der Waals surface area contributed by atoms with Crippen LogP contribution < -0.4 is 15.8 Å². The van der Waals surface area contributed by atoms with Gasteiger partial charge in [-0.3, -0.25) is 0 Å². The normalized spacial score (nSPS) is 12.1. The molecule has 102 valence electrons. The summed E-state index contributed by atoms with van der Waals surface area (Å²) >= 11 is 0. The van der Waals surface area contributed by atoms with Crippen molar-refractivity contribution in [2.75, 3.05) is 18.5 Å². The Hall–Kier alpha value is -2.28. The number of aromatic nitrogens is 2. The highest BCUT2D eigenvalue weighted by Gasteiger charge is 2.14. The van der Waals surface area contributed by atoms with E-state index in [4.69, 9.17) is 4.74 Å². The predicted octanol–water partition coefficient (Wildman–Crippen LogP) is 0.907. The lowest BCUT2D eigenvalue weighted by atomic mass is 10.2. The second kappa shape index (κ2) is 6.05. The van der Waals surface area contributed by atoms with Crippen LogP contribution in [0.4, 0.5) is 5.69 Å². The fourth-order valence-electron chi connectivity index (χ4n) is 1.57. The van der Waals surface area contributed by atoms with Crippen LogP contribution in [0.3, 0.4) is 0 Å². The Morgan fingerprint density at radius 3 is 3.00 bits per heavy atom. The Labute approximate surface area is 109 Å². The van der Waals surface area contributed by atoms with Crippen LogP contribution in [0, 0.1) is 0 Å². The number of rotatable bonds is 6. The minimum Gasteiger partial charge on any atom is -0.492 e. The average molecular weight is 265 g/mol. The summed E-state index contributed by atoms with van der Waals surface area (Å²) in [5.74, 6) is -0.0455. The molecule has 1 atom stereocenters. The summed E-state index contributed by atoms with van der Waals surface area (Å²) in [7, 11) is 0. The molecule has 0 spiro atoms. The van der Waals surface area contributed by atoms with Gasteiger partial charge in [0, 0.05) is 6.54 Å². The molecule has 0 saturated heterocycles. The first-order valence-electron chi connectivity index (χ1n) is 5.90. The second-order valence-corrected chi connectivity index (χ2v) is 3.78. The lowest BCUT2D eigenvalue weighted by Gasteiger charge is -2.13. The Morgan fingerprint density at radius 1 is 1.53 bits per heavy atom. The van der Waals surface area contributed by atoms with Gasteiger partial charge >= 0.3 is 5.76 Å². The number of ether oxygens (including phenoxy) is 1. The molecule has 0 aliphatic rings. The van der Waals surface area contributed by atoms with Gasteiger partial charge in [-0.05, 0) is 19.1 Å². The van der Waals surface area contributed by atoms with Gasteiger partial charge < -0.3 is 19.6 Å². The zero-order valence-corrected chi connectivity index (χ0v) is 10.4. The van der Waals surface area contributed by atoms with E-state index in [1.165, 1.54) is 0 Å². The Kier molecular flexibility index (Phi) is 4.19. The van der Waals surface area contributed by atoms with Crippen LogP contribution in [0.15, 0.2) is 33.5 Å². The largest absolute Gasteiger partial charge is 0.492 e. The molecule has 1 aromatic carbocycles. The molecule has 0 fully saturated rings. The van der Waals surface area contributed by atoms with Crippen molar-refractivity contribution in [1.82, 2.24) is 10.2 Å². The number of benzene rings is 1. The molecule has 0 radical (unpaired) electrons. The predicted molar refractivity (Wildman–Crippen MR) is 68.2 cm³/mol. The fraction of sp³-hybridized carbons (Fsp3) is 0.333. The minimum atomic E-state index is -1.02. The lowest BCUT2D eigenvalue weighted by Crippen LogP contribution is -2.13. The van der Waals surface area contributed by atoms with Crippen molar-refractivity contribution in [3.8, 4) is 5.75 Å². The highest BCUT2D eigenvalue weighted by atomic mass is 16.5. The number of aliphatic hydroxyl groups is 1. The highest BCUT2D eigenvalue weighted by molar-refractivity contribution is 5.56. The molecule has 19 heavy (non-hydrogen) atoms. The Balaban J connectivity index is 2.00. The SMILES string of the molecule is CCOc1ccccc1NCC(O)c1n[nH]c(=O)o1. The summed E-state index contributed by atoms with van der Waals surface area (Å²) in [5.41, 5.74) is 0.751. The first-order valence-corrected chi connectivity index (χ1v) is 5.90. The molecule has 1 heterocycles. The second-order valence-electron chi connectivity index (χ2n) is 3.78. The highest BCUT2D eigenvalue weighted by Crippen LogP contribution is 2.24. The summed E-state index contributed by atoms with van der Waals surface area (Å²) in [6.07, 6.45) is -1.02. The van der Waals surface area contributed by atoms with Crippen LogP contribution in [-0.2, 0) is 0 Å². The van der Waals surface area contributed by atoms with Crippen molar-refractivity contribution in [2.24, 2.45) is 0 Å². The number of H-pyrrole nitrogens is 1. The third-order valence-corrected chi connectivity index (χ3v) is 2.41. The van der Waals surface area contributed by atoms with Crippen LogP contribution in [0.1, 0.15) is 18.9 Å². The summed E-state index contributed by atoms with van der Waals surface area (Å²) < 4.78 is 10.1. The molecule has 0 saturated carbocycles. The molecule has 0 amide bonds. The van der Waals surface area contributed by atoms with Crippen LogP contribution >= 0.6 is 0 Å². The monoisotopic (exact) mass is 265 g/mol. The van der Waals surface area contributed by atoms with Gasteiger partial charge in [0.2, 0.25) is 5.89 Å². The smallest absolute Gasteiger partial charge is 0.434 e.